The van der Waals surface area contributed by atoms with E-state index in [9.17, 15) is 5.11 Å². The lowest BCUT2D eigenvalue weighted by Crippen LogP contribution is -2.11. The van der Waals surface area contributed by atoms with Crippen LogP contribution in [-0.2, 0) is 6.54 Å². The molecule has 30 heavy (non-hydrogen) atoms. The van der Waals surface area contributed by atoms with Crippen LogP contribution in [0.4, 0.5) is 17.3 Å². The minimum Gasteiger partial charge on any atom is -0.397 e. The zero-order valence-corrected chi connectivity index (χ0v) is 16.2. The lowest BCUT2D eigenvalue weighted by Gasteiger charge is -2.16. The number of aromatic nitrogens is 3. The van der Waals surface area contributed by atoms with Gasteiger partial charge in [-0.1, -0.05) is 36.4 Å². The second-order valence-electron chi connectivity index (χ2n) is 6.74. The average molecular weight is 398 g/mol. The molecule has 0 fully saturated rings. The third-order valence-corrected chi connectivity index (χ3v) is 4.61. The highest BCUT2D eigenvalue weighted by Gasteiger charge is 2.09. The van der Waals surface area contributed by atoms with Crippen LogP contribution in [0.3, 0.4) is 0 Å². The third-order valence-electron chi connectivity index (χ3n) is 4.61. The van der Waals surface area contributed by atoms with Crippen molar-refractivity contribution in [1.82, 2.24) is 15.0 Å². The summed E-state index contributed by atoms with van der Waals surface area (Å²) in [6, 6.07) is 20.7. The number of pyridine rings is 1. The van der Waals surface area contributed by atoms with Gasteiger partial charge in [0.1, 0.15) is 0 Å². The molecule has 2 heterocycles. The molecule has 7 nitrogen and oxygen atoms in total. The van der Waals surface area contributed by atoms with Gasteiger partial charge in [0.2, 0.25) is 5.95 Å². The number of nitrogens with two attached hydrogens (primary N) is 1. The lowest BCUT2D eigenvalue weighted by molar-refractivity contribution is 0.208. The third kappa shape index (κ3) is 4.71. The molecule has 4 rings (SSSR count). The van der Waals surface area contributed by atoms with Gasteiger partial charge in [-0.3, -0.25) is 4.98 Å². The Morgan fingerprint density at radius 1 is 0.933 bits per heavy atom. The van der Waals surface area contributed by atoms with E-state index in [0.29, 0.717) is 23.9 Å². The van der Waals surface area contributed by atoms with Gasteiger partial charge in [-0.15, -0.1) is 0 Å². The monoisotopic (exact) mass is 398 g/mol. The van der Waals surface area contributed by atoms with Crippen molar-refractivity contribution in [3.8, 4) is 11.3 Å². The van der Waals surface area contributed by atoms with Crippen LogP contribution in [0.1, 0.15) is 17.4 Å². The molecule has 0 aliphatic rings. The minimum atomic E-state index is -0.851. The van der Waals surface area contributed by atoms with Gasteiger partial charge in [0.15, 0.2) is 6.23 Å². The first-order valence-electron chi connectivity index (χ1n) is 9.54. The SMILES string of the molecule is Nc1ccccc1NC(O)c1ccc(CNc2nccc(-c3cccnc3)n2)cc1. The number of para-hydroxylation sites is 2. The van der Waals surface area contributed by atoms with Gasteiger partial charge in [-0.25, -0.2) is 9.97 Å². The maximum Gasteiger partial charge on any atom is 0.223 e. The molecule has 1 atom stereocenters. The predicted molar refractivity (Wildman–Crippen MR) is 118 cm³/mol. The van der Waals surface area contributed by atoms with Crippen molar-refractivity contribution < 1.29 is 5.11 Å². The molecule has 150 valence electrons. The Bertz CT molecular complexity index is 1100. The maximum absolute atomic E-state index is 10.4. The van der Waals surface area contributed by atoms with E-state index in [4.69, 9.17) is 5.73 Å². The van der Waals surface area contributed by atoms with Crippen LogP contribution in [0.15, 0.2) is 85.3 Å². The molecular weight excluding hydrogens is 376 g/mol. The van der Waals surface area contributed by atoms with Crippen LogP contribution in [-0.4, -0.2) is 20.1 Å². The van der Waals surface area contributed by atoms with E-state index in [1.54, 1.807) is 24.7 Å². The fraction of sp³-hybridized carbons (Fsp3) is 0.0870. The number of nitrogens with zero attached hydrogens (tertiary/aromatic N) is 3. The average Bonchev–Trinajstić information content (AvgIpc) is 2.80. The second kappa shape index (κ2) is 9.02. The summed E-state index contributed by atoms with van der Waals surface area (Å²) in [4.78, 5) is 12.9. The molecule has 0 saturated heterocycles. The molecule has 0 saturated carbocycles. The molecule has 0 radical (unpaired) electrons. The first kappa shape index (κ1) is 19.4. The molecule has 2 aromatic carbocycles. The summed E-state index contributed by atoms with van der Waals surface area (Å²) >= 11 is 0. The van der Waals surface area contributed by atoms with Gasteiger partial charge in [-0.2, -0.15) is 0 Å². The molecule has 0 aliphatic carbocycles. The zero-order valence-electron chi connectivity index (χ0n) is 16.2. The number of hydrogen-bond acceptors (Lipinski definition) is 7. The van der Waals surface area contributed by atoms with Crippen molar-refractivity contribution in [1.29, 1.82) is 0 Å². The van der Waals surface area contributed by atoms with E-state index in [1.165, 1.54) is 0 Å². The van der Waals surface area contributed by atoms with E-state index in [1.807, 2.05) is 60.7 Å². The Morgan fingerprint density at radius 3 is 2.53 bits per heavy atom. The first-order chi connectivity index (χ1) is 14.7. The van der Waals surface area contributed by atoms with Crippen LogP contribution in [0, 0.1) is 0 Å². The molecule has 7 heteroatoms. The van der Waals surface area contributed by atoms with E-state index in [0.717, 1.165) is 22.4 Å². The van der Waals surface area contributed by atoms with E-state index in [2.05, 4.69) is 25.6 Å². The van der Waals surface area contributed by atoms with E-state index >= 15 is 0 Å². The van der Waals surface area contributed by atoms with Crippen molar-refractivity contribution in [3.63, 3.8) is 0 Å². The highest BCUT2D eigenvalue weighted by atomic mass is 16.3. The molecule has 4 aromatic rings. The number of hydrogen-bond donors (Lipinski definition) is 4. The normalized spacial score (nSPS) is 11.6. The molecule has 2 aromatic heterocycles. The lowest BCUT2D eigenvalue weighted by atomic mass is 10.1. The highest BCUT2D eigenvalue weighted by molar-refractivity contribution is 5.66. The highest BCUT2D eigenvalue weighted by Crippen LogP contribution is 2.23. The van der Waals surface area contributed by atoms with Crippen LogP contribution in [0.25, 0.3) is 11.3 Å². The topological polar surface area (TPSA) is 109 Å². The smallest absolute Gasteiger partial charge is 0.223 e. The van der Waals surface area contributed by atoms with E-state index in [-0.39, 0.29) is 0 Å². The van der Waals surface area contributed by atoms with Gasteiger partial charge in [0.05, 0.1) is 17.1 Å². The molecule has 0 spiro atoms. The molecule has 1 unspecified atom stereocenters. The van der Waals surface area contributed by atoms with Crippen molar-refractivity contribution in [3.05, 3.63) is 96.4 Å². The number of rotatable bonds is 7. The second-order valence-corrected chi connectivity index (χ2v) is 6.74. The number of aliphatic hydroxyl groups is 1. The fourth-order valence-electron chi connectivity index (χ4n) is 2.98. The van der Waals surface area contributed by atoms with Gasteiger partial charge >= 0.3 is 0 Å². The molecule has 0 bridgehead atoms. The van der Waals surface area contributed by atoms with Crippen LogP contribution in [0.2, 0.25) is 0 Å². The minimum absolute atomic E-state index is 0.543. The molecular formula is C23H22N6O. The molecule has 0 aliphatic heterocycles. The zero-order chi connectivity index (χ0) is 20.8. The van der Waals surface area contributed by atoms with Gasteiger partial charge < -0.3 is 21.5 Å². The summed E-state index contributed by atoms with van der Waals surface area (Å²) in [5, 5.41) is 16.7. The van der Waals surface area contributed by atoms with Crippen molar-refractivity contribution >= 4 is 17.3 Å². The number of aliphatic hydroxyl groups excluding tert-OH is 1. The van der Waals surface area contributed by atoms with Crippen LogP contribution in [0.5, 0.6) is 0 Å². The Balaban J connectivity index is 1.38. The number of nitrogens with one attached hydrogen (secondary N) is 2. The van der Waals surface area contributed by atoms with Crippen LogP contribution >= 0.6 is 0 Å². The summed E-state index contributed by atoms with van der Waals surface area (Å²) < 4.78 is 0. The first-order valence-corrected chi connectivity index (χ1v) is 9.54. The Kier molecular flexibility index (Phi) is 5.82. The summed E-state index contributed by atoms with van der Waals surface area (Å²) in [7, 11) is 0. The summed E-state index contributed by atoms with van der Waals surface area (Å²) in [6.45, 7) is 0.561. The van der Waals surface area contributed by atoms with E-state index < -0.39 is 6.23 Å². The Morgan fingerprint density at radius 2 is 1.77 bits per heavy atom. The summed E-state index contributed by atoms with van der Waals surface area (Å²) in [5.41, 5.74) is 10.7. The fourth-order valence-corrected chi connectivity index (χ4v) is 2.98. The van der Waals surface area contributed by atoms with Gasteiger partial charge in [0, 0.05) is 36.3 Å². The van der Waals surface area contributed by atoms with Crippen LogP contribution < -0.4 is 16.4 Å². The maximum atomic E-state index is 10.4. The molecule has 0 amide bonds. The Hall–Kier alpha value is -3.97. The standard InChI is InChI=1S/C23H22N6O/c24-19-5-1-2-6-21(19)28-22(30)17-9-7-16(8-10-17)14-27-23-26-13-11-20(29-23)18-4-3-12-25-15-18/h1-13,15,22,28,30H,14,24H2,(H,26,27,29). The number of nitrogen functional groups attached to an aromatic ring is 1. The molecule has 5 N–H and O–H groups in total. The van der Waals surface area contributed by atoms with Crippen molar-refractivity contribution in [2.45, 2.75) is 12.8 Å². The van der Waals surface area contributed by atoms with Crippen molar-refractivity contribution in [2.75, 3.05) is 16.4 Å². The quantitative estimate of drug-likeness (QED) is 0.277. The Labute approximate surface area is 174 Å². The number of anilines is 3. The summed E-state index contributed by atoms with van der Waals surface area (Å²) in [5.74, 6) is 0.543. The summed E-state index contributed by atoms with van der Waals surface area (Å²) in [6.07, 6.45) is 4.37. The van der Waals surface area contributed by atoms with Crippen molar-refractivity contribution in [2.24, 2.45) is 0 Å². The number of benzene rings is 2. The van der Waals surface area contributed by atoms with Gasteiger partial charge in [0.25, 0.3) is 0 Å². The predicted octanol–water partition coefficient (Wildman–Crippen LogP) is 3.84. The van der Waals surface area contributed by atoms with Gasteiger partial charge in [-0.05, 0) is 35.9 Å². The largest absolute Gasteiger partial charge is 0.397 e.